The number of aromatic nitrogens is 2. The largest absolute Gasteiger partial charge is 0.378 e. The Morgan fingerprint density at radius 1 is 1.00 bits per heavy atom. The summed E-state index contributed by atoms with van der Waals surface area (Å²) in [5.74, 6) is 0.999. The number of rotatable bonds is 5. The maximum atomic E-state index is 5.94. The lowest BCUT2D eigenvalue weighted by atomic mass is 10.0. The van der Waals surface area contributed by atoms with Crippen molar-refractivity contribution in [2.75, 3.05) is 30.0 Å². The molecule has 5 nitrogen and oxygen atoms in total. The smallest absolute Gasteiger partial charge is 0.222 e. The molecule has 3 rings (SSSR count). The van der Waals surface area contributed by atoms with Crippen molar-refractivity contribution in [3.63, 3.8) is 0 Å². The van der Waals surface area contributed by atoms with Crippen LogP contribution in [0.4, 0.5) is 17.5 Å². The van der Waals surface area contributed by atoms with Crippen molar-refractivity contribution >= 4 is 17.5 Å². The predicted octanol–water partition coefficient (Wildman–Crippen LogP) is 4.02. The third kappa shape index (κ3) is 3.94. The van der Waals surface area contributed by atoms with Gasteiger partial charge < -0.3 is 16.0 Å². The van der Waals surface area contributed by atoms with Gasteiger partial charge in [-0.25, -0.2) is 4.98 Å². The number of nitrogen functional groups attached to an aromatic ring is 1. The van der Waals surface area contributed by atoms with E-state index in [0.29, 0.717) is 6.54 Å². The molecule has 0 radical (unpaired) electrons. The first-order valence-corrected chi connectivity index (χ1v) is 8.65. The summed E-state index contributed by atoms with van der Waals surface area (Å²) >= 11 is 0. The quantitative estimate of drug-likeness (QED) is 0.730. The van der Waals surface area contributed by atoms with Crippen LogP contribution in [0.3, 0.4) is 0 Å². The van der Waals surface area contributed by atoms with Crippen LogP contribution in [-0.4, -0.2) is 24.1 Å². The van der Waals surface area contributed by atoms with Crippen LogP contribution < -0.4 is 16.0 Å². The number of nitrogens with one attached hydrogen (secondary N) is 1. The summed E-state index contributed by atoms with van der Waals surface area (Å²) in [5.41, 5.74) is 12.7. The molecule has 0 unspecified atom stereocenters. The molecule has 0 aliphatic rings. The fraction of sp³-hybridized carbons (Fsp3) is 0.238. The van der Waals surface area contributed by atoms with Gasteiger partial charge in [0.2, 0.25) is 5.95 Å². The van der Waals surface area contributed by atoms with Gasteiger partial charge in [-0.1, -0.05) is 30.3 Å². The van der Waals surface area contributed by atoms with Crippen molar-refractivity contribution < 1.29 is 0 Å². The summed E-state index contributed by atoms with van der Waals surface area (Å²) in [6, 6.07) is 16.6. The van der Waals surface area contributed by atoms with Gasteiger partial charge in [0.1, 0.15) is 5.82 Å². The maximum absolute atomic E-state index is 5.94. The van der Waals surface area contributed by atoms with E-state index in [-0.39, 0.29) is 5.95 Å². The van der Waals surface area contributed by atoms with E-state index in [4.69, 9.17) is 5.73 Å². The van der Waals surface area contributed by atoms with Crippen LogP contribution in [0.15, 0.2) is 48.5 Å². The predicted molar refractivity (Wildman–Crippen MR) is 109 cm³/mol. The van der Waals surface area contributed by atoms with E-state index < -0.39 is 0 Å². The first-order chi connectivity index (χ1) is 12.4. The van der Waals surface area contributed by atoms with E-state index in [1.54, 1.807) is 0 Å². The molecule has 0 aliphatic carbocycles. The molecule has 0 amide bonds. The number of hydrogen-bond donors (Lipinski definition) is 2. The SMILES string of the molecule is Cc1cccc(-c2cc(NCc3ccc(N(C)C)cc3)nc(N)n2)c1C. The Morgan fingerprint density at radius 2 is 1.73 bits per heavy atom. The number of nitrogens with two attached hydrogens (primary N) is 1. The lowest BCUT2D eigenvalue weighted by Gasteiger charge is -2.13. The maximum Gasteiger partial charge on any atom is 0.222 e. The zero-order chi connectivity index (χ0) is 18.7. The van der Waals surface area contributed by atoms with Gasteiger partial charge in [0.15, 0.2) is 0 Å². The van der Waals surface area contributed by atoms with Crippen LogP contribution in [0.5, 0.6) is 0 Å². The molecule has 3 N–H and O–H groups in total. The molecule has 1 heterocycles. The molecule has 0 atom stereocenters. The second-order valence-electron chi connectivity index (χ2n) is 6.66. The van der Waals surface area contributed by atoms with Crippen LogP contribution in [0.1, 0.15) is 16.7 Å². The Kier molecular flexibility index (Phi) is 5.07. The number of anilines is 3. The fourth-order valence-electron chi connectivity index (χ4n) is 2.83. The van der Waals surface area contributed by atoms with Gasteiger partial charge in [-0.2, -0.15) is 4.98 Å². The van der Waals surface area contributed by atoms with Gasteiger partial charge in [-0.05, 0) is 42.7 Å². The molecule has 5 heteroatoms. The molecule has 1 aromatic heterocycles. The number of hydrogen-bond acceptors (Lipinski definition) is 5. The van der Waals surface area contributed by atoms with Crippen LogP contribution >= 0.6 is 0 Å². The van der Waals surface area contributed by atoms with Crippen molar-refractivity contribution in [1.29, 1.82) is 0 Å². The van der Waals surface area contributed by atoms with E-state index >= 15 is 0 Å². The number of nitrogens with zero attached hydrogens (tertiary/aromatic N) is 3. The van der Waals surface area contributed by atoms with Crippen molar-refractivity contribution in [1.82, 2.24) is 9.97 Å². The average Bonchev–Trinajstić information content (AvgIpc) is 2.62. The van der Waals surface area contributed by atoms with Crippen molar-refractivity contribution in [2.24, 2.45) is 0 Å². The molecular formula is C21H25N5. The molecule has 0 bridgehead atoms. The zero-order valence-corrected chi connectivity index (χ0v) is 15.7. The van der Waals surface area contributed by atoms with Crippen molar-refractivity contribution in [3.8, 4) is 11.3 Å². The standard InChI is InChI=1S/C21H25N5/c1-14-6-5-7-18(15(14)2)19-12-20(25-21(22)24-19)23-13-16-8-10-17(11-9-16)26(3)4/h5-12H,13H2,1-4H3,(H3,22,23,24,25). The first kappa shape index (κ1) is 17.7. The summed E-state index contributed by atoms with van der Waals surface area (Å²) in [5, 5.41) is 3.35. The number of benzene rings is 2. The highest BCUT2D eigenvalue weighted by molar-refractivity contribution is 5.68. The zero-order valence-electron chi connectivity index (χ0n) is 15.7. The van der Waals surface area contributed by atoms with Crippen LogP contribution in [0.25, 0.3) is 11.3 Å². The van der Waals surface area contributed by atoms with Crippen molar-refractivity contribution in [3.05, 3.63) is 65.2 Å². The summed E-state index contributed by atoms with van der Waals surface area (Å²) < 4.78 is 0. The minimum Gasteiger partial charge on any atom is -0.378 e. The van der Waals surface area contributed by atoms with Gasteiger partial charge in [-0.15, -0.1) is 0 Å². The molecule has 0 saturated carbocycles. The minimum atomic E-state index is 0.272. The highest BCUT2D eigenvalue weighted by Crippen LogP contribution is 2.26. The van der Waals surface area contributed by atoms with Gasteiger partial charge in [0.25, 0.3) is 0 Å². The van der Waals surface area contributed by atoms with E-state index in [0.717, 1.165) is 17.1 Å². The lowest BCUT2D eigenvalue weighted by Crippen LogP contribution is -2.09. The highest BCUT2D eigenvalue weighted by atomic mass is 15.1. The molecule has 0 saturated heterocycles. The Bertz CT molecular complexity index is 901. The molecule has 0 aliphatic heterocycles. The third-order valence-electron chi connectivity index (χ3n) is 4.55. The van der Waals surface area contributed by atoms with Gasteiger partial charge >= 0.3 is 0 Å². The molecular weight excluding hydrogens is 322 g/mol. The van der Waals surface area contributed by atoms with Gasteiger partial charge in [0.05, 0.1) is 5.69 Å². The van der Waals surface area contributed by atoms with Crippen LogP contribution in [-0.2, 0) is 6.54 Å². The van der Waals surface area contributed by atoms with Crippen LogP contribution in [0, 0.1) is 13.8 Å². The highest BCUT2D eigenvalue weighted by Gasteiger charge is 2.09. The Morgan fingerprint density at radius 3 is 2.42 bits per heavy atom. The Labute approximate surface area is 154 Å². The summed E-state index contributed by atoms with van der Waals surface area (Å²) in [7, 11) is 4.07. The monoisotopic (exact) mass is 347 g/mol. The van der Waals surface area contributed by atoms with Gasteiger partial charge in [-0.3, -0.25) is 0 Å². The molecule has 0 spiro atoms. The second kappa shape index (κ2) is 7.44. The Hall–Kier alpha value is -3.08. The summed E-state index contributed by atoms with van der Waals surface area (Å²) in [4.78, 5) is 10.8. The van der Waals surface area contributed by atoms with E-state index in [2.05, 4.69) is 70.4 Å². The minimum absolute atomic E-state index is 0.272. The molecule has 134 valence electrons. The topological polar surface area (TPSA) is 67.1 Å². The van der Waals surface area contributed by atoms with Gasteiger partial charge in [0, 0.05) is 38.0 Å². The molecule has 3 aromatic rings. The molecule has 0 fully saturated rings. The lowest BCUT2D eigenvalue weighted by molar-refractivity contribution is 1.08. The average molecular weight is 347 g/mol. The summed E-state index contributed by atoms with van der Waals surface area (Å²) in [6.45, 7) is 4.87. The first-order valence-electron chi connectivity index (χ1n) is 8.65. The molecule has 26 heavy (non-hydrogen) atoms. The van der Waals surface area contributed by atoms with Crippen LogP contribution in [0.2, 0.25) is 0 Å². The van der Waals surface area contributed by atoms with E-state index in [1.807, 2.05) is 26.2 Å². The van der Waals surface area contributed by atoms with E-state index in [1.165, 1.54) is 22.4 Å². The molecule has 2 aromatic carbocycles. The van der Waals surface area contributed by atoms with E-state index in [9.17, 15) is 0 Å². The summed E-state index contributed by atoms with van der Waals surface area (Å²) in [6.07, 6.45) is 0. The normalized spacial score (nSPS) is 10.6. The number of aryl methyl sites for hydroxylation is 1. The van der Waals surface area contributed by atoms with Crippen molar-refractivity contribution in [2.45, 2.75) is 20.4 Å². The second-order valence-corrected chi connectivity index (χ2v) is 6.66. The Balaban J connectivity index is 1.81. The fourth-order valence-corrected chi connectivity index (χ4v) is 2.83. The third-order valence-corrected chi connectivity index (χ3v) is 4.55.